The molecule has 606 valence electrons. The summed E-state index contributed by atoms with van der Waals surface area (Å²) in [5.41, 5.74) is 16.4. The summed E-state index contributed by atoms with van der Waals surface area (Å²) in [5, 5.41) is 91.1. The predicted octanol–water partition coefficient (Wildman–Crippen LogP) is -10.1. The van der Waals surface area contributed by atoms with Crippen LogP contribution < -0.4 is 97.0 Å². The molecule has 45 nitrogen and oxygen atoms in total. The van der Waals surface area contributed by atoms with E-state index in [4.69, 9.17) is 17.2 Å². The summed E-state index contributed by atoms with van der Waals surface area (Å²) in [6.45, 7) is 5.50. The summed E-state index contributed by atoms with van der Waals surface area (Å²) in [4.78, 5) is 261. The smallest absolute Gasteiger partial charge is 0.326 e. The molecule has 0 aliphatic heterocycles. The van der Waals surface area contributed by atoms with E-state index in [1.807, 2.05) is 0 Å². The van der Waals surface area contributed by atoms with Crippen molar-refractivity contribution >= 4 is 124 Å². The van der Waals surface area contributed by atoms with Crippen LogP contribution in [0.25, 0.3) is 0 Å². The number of aliphatic hydroxyl groups is 1. The molecule has 0 saturated heterocycles. The first kappa shape index (κ1) is 94.8. The van der Waals surface area contributed by atoms with E-state index in [2.05, 4.69) is 84.7 Å². The van der Waals surface area contributed by atoms with Gasteiger partial charge < -0.3 is 128 Å². The molecule has 27 N–H and O–H groups in total. The van der Waals surface area contributed by atoms with Gasteiger partial charge in [-0.2, -0.15) is 0 Å². The molecular formula is C64H99N19O26. The molecule has 0 unspecified atom stereocenters. The second-order valence-corrected chi connectivity index (χ2v) is 25.5. The predicted molar refractivity (Wildman–Crippen MR) is 376 cm³/mol. The zero-order chi connectivity index (χ0) is 82.9. The van der Waals surface area contributed by atoms with Gasteiger partial charge in [-0.15, -0.1) is 0 Å². The lowest BCUT2D eigenvalue weighted by molar-refractivity contribution is -0.143. The third-order valence-electron chi connectivity index (χ3n) is 15.1. The van der Waals surface area contributed by atoms with Crippen molar-refractivity contribution in [1.29, 1.82) is 0 Å². The first-order valence-electron chi connectivity index (χ1n) is 33.9. The Labute approximate surface area is 623 Å². The Morgan fingerprint density at radius 2 is 0.807 bits per heavy atom. The third kappa shape index (κ3) is 39.7. The van der Waals surface area contributed by atoms with Crippen molar-refractivity contribution in [2.24, 2.45) is 34.0 Å². The minimum Gasteiger partial charge on any atom is -0.481 e. The Morgan fingerprint density at radius 3 is 1.28 bits per heavy atom. The molecule has 1 aromatic rings. The van der Waals surface area contributed by atoms with Crippen molar-refractivity contribution in [2.75, 3.05) is 39.3 Å². The maximum atomic E-state index is 14.3. The van der Waals surface area contributed by atoms with Crippen molar-refractivity contribution < 1.29 is 127 Å². The highest BCUT2D eigenvalue weighted by Gasteiger charge is 2.36. The minimum atomic E-state index is -2.02. The topological polar surface area (TPSA) is 734 Å². The molecule has 45 heteroatoms. The van der Waals surface area contributed by atoms with Crippen LogP contribution in [0.2, 0.25) is 0 Å². The summed E-state index contributed by atoms with van der Waals surface area (Å²) in [6.07, 6.45) is -6.91. The number of aliphatic hydroxyl groups excluding tert-OH is 1. The maximum absolute atomic E-state index is 14.3. The lowest BCUT2D eigenvalue weighted by Crippen LogP contribution is -2.60. The highest BCUT2D eigenvalue weighted by molar-refractivity contribution is 6.00. The normalized spacial score (nSPS) is 14.1. The Bertz CT molecular complexity index is 3440. The molecule has 109 heavy (non-hydrogen) atoms. The van der Waals surface area contributed by atoms with Gasteiger partial charge in [0.25, 0.3) is 0 Å². The van der Waals surface area contributed by atoms with Gasteiger partial charge in [-0.05, 0) is 70.3 Å². The molecule has 0 bridgehead atoms. The SMILES string of the molecule is CC(C)C[C@H](NC(=O)[C@H](Cc1ccccc1)NC(=O)[C@H](CC(=O)O)NC(=O)CNC(=O)[C@H](CCC(=O)O)NC(=O)CNC(=O)[C@@H](NC(=O)[C@H](CC(=O)O)NC(=O)[C@H](C)N)[C@@H](C)O)C(=O)N[C@@H](C)C(=O)N[C@@H](CCC(=O)O)C(=O)NCC(=O)NCC(=O)NCC(=O)N[C@H](C(=O)N[C@@H](CCCN=C(N)N)C(=O)O)C(C)C. The molecule has 0 aliphatic rings. The van der Waals surface area contributed by atoms with Gasteiger partial charge in [-0.25, -0.2) is 4.79 Å². The van der Waals surface area contributed by atoms with Gasteiger partial charge >= 0.3 is 29.8 Å². The van der Waals surface area contributed by atoms with E-state index in [9.17, 15) is 127 Å². The maximum Gasteiger partial charge on any atom is 0.326 e. The van der Waals surface area contributed by atoms with Crippen LogP contribution in [0.1, 0.15) is 112 Å². The standard InChI is InChI=1S/C64H99N19O26/c1-29(2)20-38(57(102)74-32(6)54(99)77-36(16-18-48(92)93)56(101)71-25-43(86)69-24-42(85)70-26-46(89)82-51(30(3)4)62(107)78-37(63(108)109)14-11-19-68-64(66)67)80-58(103)39(21-34-12-9-8-10-13-34)81-59(104)40(22-49(94)95)76-45(88)27-72-55(100)35(15-17-47(90)91)75-44(87)28-73-61(106)52(33(7)84)83-60(105)41(23-50(96)97)79-53(98)31(5)65/h8-10,12-13,29-33,35-41,51-52,84H,11,14-28,65H2,1-7H3,(H,69,86)(H,70,85)(H,71,101)(H,72,100)(H,73,106)(H,74,102)(H,75,87)(H,76,88)(H,77,99)(H,78,107)(H,79,98)(H,80,103)(H,81,104)(H,82,89)(H,83,105)(H,90,91)(H,92,93)(H,94,95)(H,96,97)(H,108,109)(H4,66,67,68)/t31-,32-,33+,35-,36-,37-,38-,39-,40-,41-,51-,52-/m0/s1. The number of carbonyl (C=O) groups excluding carboxylic acids is 15. The van der Waals surface area contributed by atoms with Gasteiger partial charge in [-0.1, -0.05) is 58.0 Å². The number of hydrogen-bond donors (Lipinski definition) is 24. The highest BCUT2D eigenvalue weighted by Crippen LogP contribution is 2.12. The molecule has 0 fully saturated rings. The second kappa shape index (κ2) is 48.8. The van der Waals surface area contributed by atoms with Crippen LogP contribution in [0.3, 0.4) is 0 Å². The number of nitrogens with two attached hydrogens (primary N) is 3. The molecule has 0 spiro atoms. The van der Waals surface area contributed by atoms with Crippen LogP contribution >= 0.6 is 0 Å². The monoisotopic (exact) mass is 1550 g/mol. The Kier molecular flexibility index (Phi) is 42.5. The van der Waals surface area contributed by atoms with E-state index in [1.165, 1.54) is 19.1 Å². The number of carbonyl (C=O) groups is 20. The van der Waals surface area contributed by atoms with Crippen LogP contribution in [0.15, 0.2) is 35.3 Å². The number of carboxylic acids is 5. The number of carboxylic acid groups (broad SMARTS) is 5. The molecule has 0 aliphatic carbocycles. The number of nitrogens with one attached hydrogen (secondary N) is 15. The average Bonchev–Trinajstić information content (AvgIpc) is 0.829. The number of rotatable bonds is 51. The van der Waals surface area contributed by atoms with Crippen molar-refractivity contribution in [3.63, 3.8) is 0 Å². The Balaban J connectivity index is 3.19. The largest absolute Gasteiger partial charge is 0.481 e. The lowest BCUT2D eigenvalue weighted by atomic mass is 10.0. The first-order valence-corrected chi connectivity index (χ1v) is 33.9. The second-order valence-electron chi connectivity index (χ2n) is 25.5. The number of amides is 15. The molecule has 1 rings (SSSR count). The van der Waals surface area contributed by atoms with Gasteiger partial charge in [0.2, 0.25) is 88.6 Å². The van der Waals surface area contributed by atoms with Gasteiger partial charge in [0.05, 0.1) is 57.7 Å². The van der Waals surface area contributed by atoms with E-state index < -0.39 is 268 Å². The zero-order valence-corrected chi connectivity index (χ0v) is 60.8. The van der Waals surface area contributed by atoms with Crippen molar-refractivity contribution in [3.8, 4) is 0 Å². The fraction of sp³-hybridized carbons (Fsp3) is 0.578. The number of aliphatic imine (C=N–C) groups is 1. The van der Waals surface area contributed by atoms with Crippen LogP contribution in [-0.2, 0) is 102 Å². The molecule has 15 amide bonds. The summed E-state index contributed by atoms with van der Waals surface area (Å²) in [7, 11) is 0. The minimum absolute atomic E-state index is 0.0560. The van der Waals surface area contributed by atoms with Crippen LogP contribution in [0.4, 0.5) is 0 Å². The summed E-state index contributed by atoms with van der Waals surface area (Å²) >= 11 is 0. The highest BCUT2D eigenvalue weighted by atomic mass is 16.4. The average molecular weight is 1550 g/mol. The Morgan fingerprint density at radius 1 is 0.394 bits per heavy atom. The van der Waals surface area contributed by atoms with Gasteiger partial charge in [0.15, 0.2) is 5.96 Å². The number of benzene rings is 1. The van der Waals surface area contributed by atoms with Crippen LogP contribution in [0.5, 0.6) is 0 Å². The molecular weight excluding hydrogens is 1450 g/mol. The third-order valence-corrected chi connectivity index (χ3v) is 15.1. The number of nitrogens with zero attached hydrogens (tertiary/aromatic N) is 1. The van der Waals surface area contributed by atoms with E-state index >= 15 is 0 Å². The summed E-state index contributed by atoms with van der Waals surface area (Å²) in [5.74, 6) is -25.0. The number of aliphatic carboxylic acids is 5. The Hall–Kier alpha value is -12.2. The fourth-order valence-electron chi connectivity index (χ4n) is 9.40. The van der Waals surface area contributed by atoms with Gasteiger partial charge in [0, 0.05) is 25.8 Å². The van der Waals surface area contributed by atoms with E-state index in [0.29, 0.717) is 5.56 Å². The fourth-order valence-corrected chi connectivity index (χ4v) is 9.40. The van der Waals surface area contributed by atoms with E-state index in [1.54, 1.807) is 45.9 Å². The molecule has 0 heterocycles. The van der Waals surface area contributed by atoms with Crippen molar-refractivity contribution in [1.82, 2.24) is 79.8 Å². The van der Waals surface area contributed by atoms with Gasteiger partial charge in [-0.3, -0.25) is 96.1 Å². The first-order chi connectivity index (χ1) is 50.9. The molecule has 0 radical (unpaired) electrons. The van der Waals surface area contributed by atoms with Crippen molar-refractivity contribution in [2.45, 2.75) is 185 Å². The van der Waals surface area contributed by atoms with Crippen LogP contribution in [0, 0.1) is 11.8 Å². The van der Waals surface area contributed by atoms with Gasteiger partial charge in [0.1, 0.15) is 60.4 Å². The number of guanidine groups is 1. The van der Waals surface area contributed by atoms with E-state index in [0.717, 1.165) is 13.8 Å². The summed E-state index contributed by atoms with van der Waals surface area (Å²) in [6, 6.07) is -9.88. The molecule has 0 aromatic heterocycles. The lowest BCUT2D eigenvalue weighted by Gasteiger charge is -2.27. The molecule has 12 atom stereocenters. The molecule has 0 saturated carbocycles. The molecule has 1 aromatic carbocycles. The summed E-state index contributed by atoms with van der Waals surface area (Å²) < 4.78 is 0. The van der Waals surface area contributed by atoms with Crippen molar-refractivity contribution in [3.05, 3.63) is 35.9 Å². The zero-order valence-electron chi connectivity index (χ0n) is 60.8. The quantitative estimate of drug-likeness (QED) is 0.0164. The van der Waals surface area contributed by atoms with Crippen LogP contribution in [-0.4, -0.2) is 267 Å². The van der Waals surface area contributed by atoms with E-state index in [-0.39, 0.29) is 44.1 Å². The number of hydrogen-bond acceptors (Lipinski definition) is 23.